The normalized spacial score (nSPS) is 10.7. The predicted molar refractivity (Wildman–Crippen MR) is 86.2 cm³/mol. The molecule has 0 saturated heterocycles. The van der Waals surface area contributed by atoms with Gasteiger partial charge in [-0.05, 0) is 6.07 Å². The second-order valence-corrected chi connectivity index (χ2v) is 6.01. The van der Waals surface area contributed by atoms with Gasteiger partial charge >= 0.3 is 5.97 Å². The number of halogens is 2. The van der Waals surface area contributed by atoms with Crippen molar-refractivity contribution >= 4 is 40.5 Å². The first-order chi connectivity index (χ1) is 11.0. The van der Waals surface area contributed by atoms with Crippen molar-refractivity contribution in [2.45, 2.75) is 0 Å². The molecule has 0 aliphatic carbocycles. The minimum Gasteiger partial charge on any atom is -0.492 e. The van der Waals surface area contributed by atoms with Gasteiger partial charge < -0.3 is 15.1 Å². The molecule has 2 N–H and O–H groups in total. The van der Waals surface area contributed by atoms with Crippen LogP contribution in [0.5, 0.6) is 11.8 Å². The summed E-state index contributed by atoms with van der Waals surface area (Å²) in [4.78, 5) is 21.0. The van der Waals surface area contributed by atoms with E-state index in [1.54, 1.807) is 18.2 Å². The van der Waals surface area contributed by atoms with Crippen molar-refractivity contribution in [3.05, 3.63) is 51.5 Å². The smallest absolute Gasteiger partial charge is 0.383 e. The standard InChI is InChI=1S/C14H8Cl2N2O4S/c15-8-3-1-2-7(12(8)16)13-17-9(6-23-13)14(21)22-18-10(19)4-5-11(18)20/h1-6,19-20H. The molecule has 0 unspecified atom stereocenters. The maximum absolute atomic E-state index is 12.0. The van der Waals surface area contributed by atoms with Crippen LogP contribution in [0.15, 0.2) is 35.7 Å². The minimum absolute atomic E-state index is 0.00791. The van der Waals surface area contributed by atoms with E-state index in [4.69, 9.17) is 28.0 Å². The van der Waals surface area contributed by atoms with Gasteiger partial charge in [0.15, 0.2) is 5.69 Å². The van der Waals surface area contributed by atoms with Crippen LogP contribution in [-0.2, 0) is 0 Å². The fourth-order valence-corrected chi connectivity index (χ4v) is 3.05. The van der Waals surface area contributed by atoms with Crippen molar-refractivity contribution in [2.75, 3.05) is 0 Å². The van der Waals surface area contributed by atoms with E-state index in [-0.39, 0.29) is 5.69 Å². The first kappa shape index (κ1) is 15.7. The molecule has 0 fully saturated rings. The monoisotopic (exact) mass is 370 g/mol. The van der Waals surface area contributed by atoms with E-state index in [0.717, 1.165) is 0 Å². The highest BCUT2D eigenvalue weighted by Gasteiger charge is 2.19. The van der Waals surface area contributed by atoms with Crippen LogP contribution in [0.4, 0.5) is 0 Å². The number of benzene rings is 1. The van der Waals surface area contributed by atoms with Crippen molar-refractivity contribution in [3.63, 3.8) is 0 Å². The van der Waals surface area contributed by atoms with Crippen molar-refractivity contribution in [1.29, 1.82) is 0 Å². The van der Waals surface area contributed by atoms with Gasteiger partial charge in [0.05, 0.1) is 10.0 Å². The van der Waals surface area contributed by atoms with E-state index in [9.17, 15) is 15.0 Å². The summed E-state index contributed by atoms with van der Waals surface area (Å²) in [6.45, 7) is 0. The SMILES string of the molecule is O=C(On1c(O)ccc1O)c1csc(-c2cccc(Cl)c2Cl)n1. The average Bonchev–Trinajstić information content (AvgIpc) is 3.12. The third-order valence-electron chi connectivity index (χ3n) is 2.87. The maximum Gasteiger partial charge on any atom is 0.383 e. The largest absolute Gasteiger partial charge is 0.492 e. The van der Waals surface area contributed by atoms with Crippen molar-refractivity contribution in [1.82, 2.24) is 9.71 Å². The summed E-state index contributed by atoms with van der Waals surface area (Å²) in [5.41, 5.74) is 0.600. The molecule has 0 amide bonds. The molecule has 3 aromatic rings. The van der Waals surface area contributed by atoms with Crippen LogP contribution in [0, 0.1) is 0 Å². The molecule has 6 nitrogen and oxygen atoms in total. The third kappa shape index (κ3) is 2.98. The number of carbonyl (C=O) groups excluding carboxylic acids is 1. The fraction of sp³-hybridized carbons (Fsp3) is 0. The lowest BCUT2D eigenvalue weighted by Gasteiger charge is -2.05. The predicted octanol–water partition coefficient (Wildman–Crippen LogP) is 3.60. The second-order valence-electron chi connectivity index (χ2n) is 4.36. The Labute approximate surface area is 144 Å². The molecule has 0 saturated carbocycles. The number of rotatable bonds is 3. The molecular weight excluding hydrogens is 363 g/mol. The molecule has 0 atom stereocenters. The highest BCUT2D eigenvalue weighted by atomic mass is 35.5. The molecule has 118 valence electrons. The molecule has 23 heavy (non-hydrogen) atoms. The Balaban J connectivity index is 1.87. The van der Waals surface area contributed by atoms with Gasteiger partial charge in [-0.3, -0.25) is 0 Å². The van der Waals surface area contributed by atoms with Crippen molar-refractivity contribution in [2.24, 2.45) is 0 Å². The lowest BCUT2D eigenvalue weighted by atomic mass is 10.2. The van der Waals surface area contributed by atoms with E-state index in [1.165, 1.54) is 28.8 Å². The van der Waals surface area contributed by atoms with Crippen LogP contribution < -0.4 is 4.84 Å². The summed E-state index contributed by atoms with van der Waals surface area (Å²) in [6.07, 6.45) is 0. The van der Waals surface area contributed by atoms with Gasteiger partial charge in [0.2, 0.25) is 11.8 Å². The molecule has 0 bridgehead atoms. The zero-order valence-electron chi connectivity index (χ0n) is 11.2. The first-order valence-electron chi connectivity index (χ1n) is 6.19. The summed E-state index contributed by atoms with van der Waals surface area (Å²) in [5.74, 6) is -1.67. The zero-order chi connectivity index (χ0) is 16.6. The molecule has 2 heterocycles. The van der Waals surface area contributed by atoms with Gasteiger partial charge in [-0.2, -0.15) is 0 Å². The van der Waals surface area contributed by atoms with E-state index >= 15 is 0 Å². The van der Waals surface area contributed by atoms with Crippen molar-refractivity contribution in [3.8, 4) is 22.3 Å². The summed E-state index contributed by atoms with van der Waals surface area (Å²) in [5, 5.41) is 21.6. The fourth-order valence-electron chi connectivity index (χ4n) is 1.79. The lowest BCUT2D eigenvalue weighted by Crippen LogP contribution is -2.19. The number of hydrogen-bond donors (Lipinski definition) is 2. The van der Waals surface area contributed by atoms with Gasteiger partial charge in [-0.25, -0.2) is 9.78 Å². The highest BCUT2D eigenvalue weighted by molar-refractivity contribution is 7.13. The highest BCUT2D eigenvalue weighted by Crippen LogP contribution is 2.35. The number of carbonyl (C=O) groups is 1. The number of aromatic nitrogens is 2. The number of nitrogens with zero attached hydrogens (tertiary/aromatic N) is 2. The molecule has 0 aliphatic heterocycles. The lowest BCUT2D eigenvalue weighted by molar-refractivity contribution is 0.0376. The van der Waals surface area contributed by atoms with E-state index in [2.05, 4.69) is 4.98 Å². The van der Waals surface area contributed by atoms with Gasteiger partial charge in [0, 0.05) is 23.1 Å². The second kappa shape index (κ2) is 6.11. The Bertz CT molecular complexity index is 871. The summed E-state index contributed by atoms with van der Waals surface area (Å²) in [7, 11) is 0. The van der Waals surface area contributed by atoms with E-state index in [0.29, 0.717) is 25.3 Å². The quantitative estimate of drug-likeness (QED) is 0.735. The Hall–Kier alpha value is -2.22. The van der Waals surface area contributed by atoms with E-state index < -0.39 is 17.7 Å². The van der Waals surface area contributed by atoms with Crippen LogP contribution in [0.25, 0.3) is 10.6 Å². The van der Waals surface area contributed by atoms with Crippen LogP contribution in [0.2, 0.25) is 10.0 Å². The molecule has 0 aliphatic rings. The Morgan fingerprint density at radius 1 is 1.17 bits per heavy atom. The molecule has 9 heteroatoms. The third-order valence-corrected chi connectivity index (χ3v) is 4.56. The van der Waals surface area contributed by atoms with Crippen LogP contribution in [-0.4, -0.2) is 25.9 Å². The zero-order valence-corrected chi connectivity index (χ0v) is 13.6. The molecule has 0 radical (unpaired) electrons. The molecule has 3 rings (SSSR count). The Kier molecular flexibility index (Phi) is 4.16. The average molecular weight is 371 g/mol. The van der Waals surface area contributed by atoms with Gasteiger partial charge in [0.1, 0.15) is 5.01 Å². The van der Waals surface area contributed by atoms with Gasteiger partial charge in [-0.15, -0.1) is 16.1 Å². The van der Waals surface area contributed by atoms with Crippen LogP contribution in [0.3, 0.4) is 0 Å². The summed E-state index contributed by atoms with van der Waals surface area (Å²) in [6, 6.07) is 7.46. The number of thiazole rings is 1. The summed E-state index contributed by atoms with van der Waals surface area (Å²) < 4.78 is 0.591. The first-order valence-corrected chi connectivity index (χ1v) is 7.83. The van der Waals surface area contributed by atoms with Gasteiger partial charge in [-0.1, -0.05) is 35.3 Å². The maximum atomic E-state index is 12.0. The summed E-state index contributed by atoms with van der Waals surface area (Å²) >= 11 is 13.3. The molecule has 1 aromatic carbocycles. The van der Waals surface area contributed by atoms with Gasteiger partial charge in [0.25, 0.3) is 0 Å². The number of hydrogen-bond acceptors (Lipinski definition) is 6. The minimum atomic E-state index is -0.840. The van der Waals surface area contributed by atoms with Crippen LogP contribution >= 0.6 is 34.5 Å². The topological polar surface area (TPSA) is 84.6 Å². The Morgan fingerprint density at radius 2 is 1.87 bits per heavy atom. The number of aromatic hydroxyl groups is 2. The molecular formula is C14H8Cl2N2O4S. The van der Waals surface area contributed by atoms with E-state index in [1.807, 2.05) is 0 Å². The van der Waals surface area contributed by atoms with Crippen molar-refractivity contribution < 1.29 is 19.8 Å². The van der Waals surface area contributed by atoms with Crippen LogP contribution in [0.1, 0.15) is 10.5 Å². The molecule has 0 spiro atoms. The molecule has 2 aromatic heterocycles. The Morgan fingerprint density at radius 3 is 2.57 bits per heavy atom.